The Bertz CT molecular complexity index is 984. The van der Waals surface area contributed by atoms with E-state index in [0.717, 1.165) is 24.0 Å². The molecule has 0 saturated carbocycles. The summed E-state index contributed by atoms with van der Waals surface area (Å²) in [6.07, 6.45) is 8.71. The molecule has 1 radical (unpaired) electrons. The van der Waals surface area contributed by atoms with Crippen molar-refractivity contribution in [1.29, 1.82) is 0 Å². The highest BCUT2D eigenvalue weighted by molar-refractivity contribution is 6.59. The summed E-state index contributed by atoms with van der Waals surface area (Å²) in [7, 11) is 1.88. The second kappa shape index (κ2) is 11.4. The van der Waals surface area contributed by atoms with Crippen LogP contribution in [0.25, 0.3) is 6.08 Å². The van der Waals surface area contributed by atoms with Gasteiger partial charge in [0.1, 0.15) is 5.82 Å². The Morgan fingerprint density at radius 2 is 1.66 bits per heavy atom. The Hall–Kier alpha value is -3.40. The normalized spacial score (nSPS) is 10.4. The molecule has 0 aliphatic rings. The molecule has 0 aliphatic heterocycles. The van der Waals surface area contributed by atoms with Gasteiger partial charge in [-0.25, -0.2) is 9.37 Å². The average Bonchev–Trinajstić information content (AvgIpc) is 3.28. The smallest absolute Gasteiger partial charge is 0.181 e. The van der Waals surface area contributed by atoms with E-state index in [9.17, 15) is 4.39 Å². The van der Waals surface area contributed by atoms with Crippen LogP contribution in [0.5, 0.6) is 0 Å². The summed E-state index contributed by atoms with van der Waals surface area (Å²) in [6, 6.07) is 27.0. The predicted octanol–water partition coefficient (Wildman–Crippen LogP) is 4.95. The van der Waals surface area contributed by atoms with Gasteiger partial charge in [0.25, 0.3) is 0 Å². The lowest BCUT2D eigenvalue weighted by atomic mass is 9.70. The van der Waals surface area contributed by atoms with Crippen molar-refractivity contribution in [2.75, 3.05) is 0 Å². The van der Waals surface area contributed by atoms with Gasteiger partial charge in [-0.2, -0.15) is 0 Å². The number of nitrogens with zero attached hydrogens (tertiary/aromatic N) is 2. The van der Waals surface area contributed by atoms with Crippen molar-refractivity contribution in [3.8, 4) is 0 Å². The molecule has 4 aromatic rings. The van der Waals surface area contributed by atoms with Gasteiger partial charge in [-0.05, 0) is 29.7 Å². The molecular formula is C25H23BFN2. The minimum Gasteiger partial charge on any atom is -0.337 e. The SMILES string of the molecule is Fc1cccc([B]C=Cc2ccccc2)c1.c1ccc(CCn2ccnc2)cc1. The summed E-state index contributed by atoms with van der Waals surface area (Å²) in [5.74, 6) is 1.71. The quantitative estimate of drug-likeness (QED) is 0.432. The number of imidazole rings is 1. The van der Waals surface area contributed by atoms with E-state index in [1.54, 1.807) is 6.07 Å². The molecule has 2 nitrogen and oxygen atoms in total. The third kappa shape index (κ3) is 7.63. The van der Waals surface area contributed by atoms with Crippen LogP contribution in [0, 0.1) is 5.82 Å². The summed E-state index contributed by atoms with van der Waals surface area (Å²) < 4.78 is 15.0. The maximum atomic E-state index is 12.9. The summed E-state index contributed by atoms with van der Waals surface area (Å²) in [5, 5.41) is 0. The van der Waals surface area contributed by atoms with E-state index in [-0.39, 0.29) is 5.82 Å². The molecule has 0 bridgehead atoms. The van der Waals surface area contributed by atoms with Crippen molar-refractivity contribution in [2.24, 2.45) is 0 Å². The zero-order chi connectivity index (χ0) is 20.2. The number of rotatable bonds is 6. The van der Waals surface area contributed by atoms with Crippen molar-refractivity contribution in [3.05, 3.63) is 127 Å². The van der Waals surface area contributed by atoms with E-state index in [1.807, 2.05) is 80.5 Å². The summed E-state index contributed by atoms with van der Waals surface area (Å²) >= 11 is 0. The number of hydrogen-bond acceptors (Lipinski definition) is 1. The zero-order valence-corrected chi connectivity index (χ0v) is 16.2. The molecule has 4 rings (SSSR count). The van der Waals surface area contributed by atoms with E-state index in [1.165, 1.54) is 17.7 Å². The van der Waals surface area contributed by atoms with Crippen molar-refractivity contribution in [3.63, 3.8) is 0 Å². The van der Waals surface area contributed by atoms with Crippen LogP contribution >= 0.6 is 0 Å². The lowest BCUT2D eigenvalue weighted by Gasteiger charge is -2.01. The van der Waals surface area contributed by atoms with Gasteiger partial charge in [-0.15, -0.1) is 5.98 Å². The molecule has 4 heteroatoms. The highest BCUT2D eigenvalue weighted by atomic mass is 19.1. The molecule has 0 atom stereocenters. The van der Waals surface area contributed by atoms with Crippen LogP contribution in [-0.4, -0.2) is 16.8 Å². The number of benzene rings is 3. The molecule has 0 unspecified atom stereocenters. The minimum atomic E-state index is -0.207. The number of aryl methyl sites for hydroxylation is 2. The second-order valence-electron chi connectivity index (χ2n) is 6.53. The van der Waals surface area contributed by atoms with Gasteiger partial charge in [0, 0.05) is 18.9 Å². The van der Waals surface area contributed by atoms with Crippen LogP contribution in [0.2, 0.25) is 0 Å². The largest absolute Gasteiger partial charge is 0.337 e. The van der Waals surface area contributed by atoms with Gasteiger partial charge in [0.15, 0.2) is 7.28 Å². The summed E-state index contributed by atoms with van der Waals surface area (Å²) in [6.45, 7) is 1.00. The first-order valence-corrected chi connectivity index (χ1v) is 9.61. The van der Waals surface area contributed by atoms with Gasteiger partial charge in [-0.3, -0.25) is 0 Å². The van der Waals surface area contributed by atoms with Crippen LogP contribution in [0.4, 0.5) is 4.39 Å². The van der Waals surface area contributed by atoms with Gasteiger partial charge in [-0.1, -0.05) is 84.3 Å². The maximum absolute atomic E-state index is 12.9. The molecule has 0 fully saturated rings. The average molecular weight is 381 g/mol. The first kappa shape index (κ1) is 20.3. The Balaban J connectivity index is 0.000000169. The molecule has 3 aromatic carbocycles. The highest BCUT2D eigenvalue weighted by Crippen LogP contribution is 2.01. The lowest BCUT2D eigenvalue weighted by molar-refractivity contribution is 0.629. The molecule has 0 aliphatic carbocycles. The fourth-order valence-electron chi connectivity index (χ4n) is 2.77. The Morgan fingerprint density at radius 3 is 2.34 bits per heavy atom. The third-order valence-electron chi connectivity index (χ3n) is 4.29. The molecule has 0 amide bonds. The van der Waals surface area contributed by atoms with E-state index in [4.69, 9.17) is 0 Å². The van der Waals surface area contributed by atoms with Crippen LogP contribution in [0.3, 0.4) is 0 Å². The Labute approximate surface area is 172 Å². The number of halogens is 1. The fourth-order valence-corrected chi connectivity index (χ4v) is 2.77. The summed E-state index contributed by atoms with van der Waals surface area (Å²) in [5.41, 5.74) is 3.37. The molecule has 0 spiro atoms. The second-order valence-corrected chi connectivity index (χ2v) is 6.53. The highest BCUT2D eigenvalue weighted by Gasteiger charge is 1.94. The van der Waals surface area contributed by atoms with Gasteiger partial charge >= 0.3 is 0 Å². The topological polar surface area (TPSA) is 17.8 Å². The summed E-state index contributed by atoms with van der Waals surface area (Å²) in [4.78, 5) is 4.00. The number of hydrogen-bond donors (Lipinski definition) is 0. The molecule has 29 heavy (non-hydrogen) atoms. The molecule has 1 aromatic heterocycles. The van der Waals surface area contributed by atoms with Crippen LogP contribution in [0.15, 0.2) is 110 Å². The van der Waals surface area contributed by atoms with Crippen LogP contribution in [0.1, 0.15) is 11.1 Å². The predicted molar refractivity (Wildman–Crippen MR) is 120 cm³/mol. The molecule has 143 valence electrons. The van der Waals surface area contributed by atoms with Gasteiger partial charge in [0.05, 0.1) is 6.33 Å². The first-order valence-electron chi connectivity index (χ1n) is 9.61. The van der Waals surface area contributed by atoms with Crippen molar-refractivity contribution >= 4 is 18.8 Å². The van der Waals surface area contributed by atoms with Crippen LogP contribution < -0.4 is 5.46 Å². The molecule has 1 heterocycles. The first-order chi connectivity index (χ1) is 14.3. The van der Waals surface area contributed by atoms with E-state index >= 15 is 0 Å². The Morgan fingerprint density at radius 1 is 0.897 bits per heavy atom. The van der Waals surface area contributed by atoms with E-state index < -0.39 is 0 Å². The zero-order valence-electron chi connectivity index (χ0n) is 16.2. The standard InChI is InChI=1S/C14H11BF.C11H12N2/c16-14-8-4-7-13(11-14)15-10-9-12-5-2-1-3-6-12;1-2-4-11(5-3-1)6-8-13-9-7-12-10-13/h1-11H;1-5,7,9-10H,6,8H2. The lowest BCUT2D eigenvalue weighted by Crippen LogP contribution is -2.11. The van der Waals surface area contributed by atoms with Crippen LogP contribution in [-0.2, 0) is 13.0 Å². The molecular weight excluding hydrogens is 358 g/mol. The van der Waals surface area contributed by atoms with Gasteiger partial charge < -0.3 is 4.57 Å². The van der Waals surface area contributed by atoms with Crippen molar-refractivity contribution in [1.82, 2.24) is 9.55 Å². The molecule has 0 N–H and O–H groups in total. The fraction of sp³-hybridized carbons (Fsp3) is 0.0800. The minimum absolute atomic E-state index is 0.207. The molecule has 0 saturated heterocycles. The Kier molecular flexibility index (Phi) is 8.03. The van der Waals surface area contributed by atoms with Crippen molar-refractivity contribution < 1.29 is 4.39 Å². The maximum Gasteiger partial charge on any atom is 0.181 e. The number of aromatic nitrogens is 2. The van der Waals surface area contributed by atoms with Gasteiger partial charge in [0.2, 0.25) is 0 Å². The van der Waals surface area contributed by atoms with E-state index in [2.05, 4.69) is 33.8 Å². The van der Waals surface area contributed by atoms with Crippen molar-refractivity contribution in [2.45, 2.75) is 13.0 Å². The van der Waals surface area contributed by atoms with E-state index in [0.29, 0.717) is 0 Å². The third-order valence-corrected chi connectivity index (χ3v) is 4.29. The monoisotopic (exact) mass is 381 g/mol.